The fourth-order valence-corrected chi connectivity index (χ4v) is 7.81. The number of benzene rings is 2. The van der Waals surface area contributed by atoms with Gasteiger partial charge in [0, 0.05) is 18.0 Å². The van der Waals surface area contributed by atoms with Gasteiger partial charge < -0.3 is 21.1 Å². The van der Waals surface area contributed by atoms with Gasteiger partial charge in [0.1, 0.15) is 22.8 Å². The van der Waals surface area contributed by atoms with Crippen LogP contribution in [0, 0.1) is 17.3 Å². The second-order valence-corrected chi connectivity index (χ2v) is 12.6. The van der Waals surface area contributed by atoms with E-state index in [0.29, 0.717) is 18.4 Å². The molecule has 1 fully saturated rings. The smallest absolute Gasteiger partial charge is 0.255 e. The normalized spacial score (nSPS) is 27.8. The summed E-state index contributed by atoms with van der Waals surface area (Å²) in [6.45, 7) is 4.62. The van der Waals surface area contributed by atoms with E-state index in [9.17, 15) is 29.7 Å². The molecule has 1 aliphatic heterocycles. The first-order chi connectivity index (χ1) is 19.9. The molecular weight excluding hydrogens is 534 g/mol. The molecule has 0 bridgehead atoms. The lowest BCUT2D eigenvalue weighted by molar-refractivity contribution is -0.134. The minimum atomic E-state index is -1.65. The number of amides is 1. The summed E-state index contributed by atoms with van der Waals surface area (Å²) in [6.07, 6.45) is 3.11. The fourth-order valence-electron chi connectivity index (χ4n) is 7.81. The van der Waals surface area contributed by atoms with Gasteiger partial charge in [-0.25, -0.2) is 0 Å². The van der Waals surface area contributed by atoms with Gasteiger partial charge >= 0.3 is 0 Å². The number of likely N-dealkylation sites (tertiary alicyclic amines) is 1. The zero-order valence-electron chi connectivity index (χ0n) is 24.2. The highest BCUT2D eigenvalue weighted by Gasteiger charge is 2.61. The van der Waals surface area contributed by atoms with Crippen LogP contribution in [0.5, 0.6) is 5.75 Å². The number of nitrogens with zero attached hydrogens (tertiary/aromatic N) is 2. The number of hydrogen-bond acceptors (Lipinski definition) is 8. The minimum absolute atomic E-state index is 0.0747. The van der Waals surface area contributed by atoms with Crippen molar-refractivity contribution < 1.29 is 29.7 Å². The van der Waals surface area contributed by atoms with E-state index in [4.69, 9.17) is 5.73 Å². The SMILES string of the molecule is CN(C)C1C(O)=C(C(N)=O)C(=O)C2(C)C(O)=C3C(=O)c4c(O)ccc(-c5ccc(CN6CCCC6)cc5)c4C[C@H]3C[C@@H]12. The van der Waals surface area contributed by atoms with Crippen LogP contribution in [0.1, 0.15) is 47.7 Å². The Bertz CT molecular complexity index is 1570. The van der Waals surface area contributed by atoms with Crippen molar-refractivity contribution >= 4 is 17.5 Å². The van der Waals surface area contributed by atoms with E-state index in [1.54, 1.807) is 19.0 Å². The summed E-state index contributed by atoms with van der Waals surface area (Å²) >= 11 is 0. The predicted molar refractivity (Wildman–Crippen MR) is 157 cm³/mol. The number of hydrogen-bond donors (Lipinski definition) is 4. The Morgan fingerprint density at radius 3 is 2.33 bits per heavy atom. The van der Waals surface area contributed by atoms with Crippen molar-refractivity contribution in [1.29, 1.82) is 0 Å². The number of fused-ring (bicyclic) bond motifs is 3. The molecule has 4 aliphatic rings. The zero-order chi connectivity index (χ0) is 30.1. The Labute approximate surface area is 244 Å². The predicted octanol–water partition coefficient (Wildman–Crippen LogP) is 3.66. The van der Waals surface area contributed by atoms with Crippen LogP contribution in [0.15, 0.2) is 59.1 Å². The van der Waals surface area contributed by atoms with Gasteiger partial charge in [0.2, 0.25) is 0 Å². The van der Waals surface area contributed by atoms with E-state index in [2.05, 4.69) is 17.0 Å². The van der Waals surface area contributed by atoms with Gasteiger partial charge in [0.05, 0.1) is 17.0 Å². The van der Waals surface area contributed by atoms with E-state index in [-0.39, 0.29) is 16.9 Å². The summed E-state index contributed by atoms with van der Waals surface area (Å²) in [5.74, 6) is -4.52. The first kappa shape index (κ1) is 28.2. The molecule has 2 aromatic rings. The average Bonchev–Trinajstić information content (AvgIpc) is 3.44. The third-order valence-corrected chi connectivity index (χ3v) is 9.94. The largest absolute Gasteiger partial charge is 0.511 e. The molecule has 1 saturated heterocycles. The molecule has 1 heterocycles. The summed E-state index contributed by atoms with van der Waals surface area (Å²) < 4.78 is 0. The van der Waals surface area contributed by atoms with Crippen molar-refractivity contribution in [3.63, 3.8) is 0 Å². The molecule has 1 amide bonds. The number of carbonyl (C=O) groups excluding carboxylic acids is 3. The topological polar surface area (TPSA) is 144 Å². The highest BCUT2D eigenvalue weighted by Crippen LogP contribution is 2.56. The van der Waals surface area contributed by atoms with Crippen LogP contribution >= 0.6 is 0 Å². The molecule has 6 rings (SSSR count). The van der Waals surface area contributed by atoms with Crippen molar-refractivity contribution in [2.24, 2.45) is 23.0 Å². The van der Waals surface area contributed by atoms with E-state index < -0.39 is 57.9 Å². The molecule has 0 spiro atoms. The number of phenolic OH excluding ortho intramolecular Hbond substituents is 1. The molecule has 2 aromatic carbocycles. The minimum Gasteiger partial charge on any atom is -0.511 e. The molecular formula is C33H37N3O6. The summed E-state index contributed by atoms with van der Waals surface area (Å²) in [5.41, 5.74) is 7.16. The molecule has 5 N–H and O–H groups in total. The molecule has 9 nitrogen and oxygen atoms in total. The summed E-state index contributed by atoms with van der Waals surface area (Å²) in [5, 5.41) is 33.6. The number of carbonyl (C=O) groups is 3. The molecule has 0 saturated carbocycles. The number of aromatic hydroxyl groups is 1. The number of aliphatic hydroxyl groups is 2. The Kier molecular flexibility index (Phi) is 6.78. The van der Waals surface area contributed by atoms with Gasteiger partial charge in [0.25, 0.3) is 5.91 Å². The zero-order valence-corrected chi connectivity index (χ0v) is 24.2. The van der Waals surface area contributed by atoms with Gasteiger partial charge in [-0.05, 0) is 94.0 Å². The first-order valence-electron chi connectivity index (χ1n) is 14.5. The number of rotatable bonds is 5. The standard InChI is InChI=1S/C33H37N3O6/c1-33-22(27(35(2)3)29(39)26(31(33)41)32(34)42)15-19-14-21-20(10-11-23(37)25(21)28(38)24(19)30(33)40)18-8-6-17(7-9-18)16-36-12-4-5-13-36/h6-11,19,22,27,37,39-40H,4-5,12-16H2,1-3H3,(H2,34,42)/t19-,22-,27?,33?/m0/s1. The number of likely N-dealkylation sites (N-methyl/N-ethyl adjacent to an activating group) is 1. The van der Waals surface area contributed by atoms with Crippen molar-refractivity contribution in [1.82, 2.24) is 9.80 Å². The van der Waals surface area contributed by atoms with Crippen molar-refractivity contribution in [2.45, 2.75) is 45.2 Å². The number of nitrogens with two attached hydrogens (primary N) is 1. The Balaban J connectivity index is 1.43. The Morgan fingerprint density at radius 1 is 1.05 bits per heavy atom. The summed E-state index contributed by atoms with van der Waals surface area (Å²) in [6, 6.07) is 10.8. The van der Waals surface area contributed by atoms with Gasteiger partial charge in [-0.3, -0.25) is 24.2 Å². The Morgan fingerprint density at radius 2 is 1.71 bits per heavy atom. The maximum absolute atomic E-state index is 14.1. The third-order valence-electron chi connectivity index (χ3n) is 9.94. The number of phenols is 1. The molecule has 220 valence electrons. The van der Waals surface area contributed by atoms with Crippen LogP contribution in [0.4, 0.5) is 0 Å². The van der Waals surface area contributed by atoms with E-state index in [0.717, 1.165) is 30.8 Å². The monoisotopic (exact) mass is 571 g/mol. The van der Waals surface area contributed by atoms with Crippen LogP contribution in [-0.4, -0.2) is 75.8 Å². The van der Waals surface area contributed by atoms with Gasteiger partial charge in [-0.15, -0.1) is 0 Å². The Hall–Kier alpha value is -3.95. The van der Waals surface area contributed by atoms with Crippen molar-refractivity contribution in [2.75, 3.05) is 27.2 Å². The van der Waals surface area contributed by atoms with Crippen LogP contribution in [-0.2, 0) is 22.6 Å². The maximum atomic E-state index is 14.1. The van der Waals surface area contributed by atoms with E-state index in [1.807, 2.05) is 18.2 Å². The molecule has 9 heteroatoms. The van der Waals surface area contributed by atoms with Gasteiger partial charge in [-0.1, -0.05) is 30.3 Å². The summed E-state index contributed by atoms with van der Waals surface area (Å²) in [7, 11) is 3.44. The quantitative estimate of drug-likeness (QED) is 0.398. The lowest BCUT2D eigenvalue weighted by Crippen LogP contribution is -2.58. The second kappa shape index (κ2) is 10.1. The number of Topliss-reactive ketones (excluding diaryl/α,β-unsaturated/α-hetero) is 2. The average molecular weight is 572 g/mol. The maximum Gasteiger partial charge on any atom is 0.255 e. The highest BCUT2D eigenvalue weighted by atomic mass is 16.3. The van der Waals surface area contributed by atoms with Gasteiger partial charge in [-0.2, -0.15) is 0 Å². The molecule has 0 radical (unpaired) electrons. The van der Waals surface area contributed by atoms with Crippen LogP contribution in [0.2, 0.25) is 0 Å². The van der Waals surface area contributed by atoms with Crippen LogP contribution in [0.3, 0.4) is 0 Å². The molecule has 0 aromatic heterocycles. The van der Waals surface area contributed by atoms with Crippen LogP contribution < -0.4 is 5.73 Å². The number of allylic oxidation sites excluding steroid dienone is 2. The van der Waals surface area contributed by atoms with Crippen molar-refractivity contribution in [3.05, 3.63) is 75.8 Å². The molecule has 4 atom stereocenters. The number of ketones is 2. The molecule has 2 unspecified atom stereocenters. The summed E-state index contributed by atoms with van der Waals surface area (Å²) in [4.78, 5) is 44.2. The van der Waals surface area contributed by atoms with Crippen molar-refractivity contribution in [3.8, 4) is 16.9 Å². The van der Waals surface area contributed by atoms with E-state index in [1.165, 1.54) is 31.4 Å². The fraction of sp³-hybridized carbons (Fsp3) is 0.424. The number of aliphatic hydroxyl groups excluding tert-OH is 2. The van der Waals surface area contributed by atoms with E-state index >= 15 is 0 Å². The molecule has 42 heavy (non-hydrogen) atoms. The first-order valence-corrected chi connectivity index (χ1v) is 14.5. The lowest BCUT2D eigenvalue weighted by atomic mass is 9.54. The second-order valence-electron chi connectivity index (χ2n) is 12.6. The highest BCUT2D eigenvalue weighted by molar-refractivity contribution is 6.23. The number of primary amides is 1. The van der Waals surface area contributed by atoms with Gasteiger partial charge in [0.15, 0.2) is 11.6 Å². The molecule has 3 aliphatic carbocycles. The lowest BCUT2D eigenvalue weighted by Gasteiger charge is -2.51. The van der Waals surface area contributed by atoms with Crippen LogP contribution in [0.25, 0.3) is 11.1 Å². The third kappa shape index (κ3) is 4.09.